The van der Waals surface area contributed by atoms with Crippen molar-refractivity contribution in [3.05, 3.63) is 72.7 Å². The Morgan fingerprint density at radius 1 is 1.02 bits per heavy atom. The summed E-state index contributed by atoms with van der Waals surface area (Å²) in [5, 5.41) is 3.40. The number of fused-ring (bicyclic) bond motifs is 1. The second kappa shape index (κ2) is 15.1. The van der Waals surface area contributed by atoms with Crippen molar-refractivity contribution in [2.75, 3.05) is 32.1 Å². The van der Waals surface area contributed by atoms with E-state index >= 15 is 0 Å². The minimum absolute atomic E-state index is 0.101. The van der Waals surface area contributed by atoms with Gasteiger partial charge in [0.05, 0.1) is 30.2 Å². The average Bonchev–Trinajstić information content (AvgIpc) is 3.68. The van der Waals surface area contributed by atoms with E-state index in [0.29, 0.717) is 55.6 Å². The highest BCUT2D eigenvalue weighted by Gasteiger charge is 2.41. The van der Waals surface area contributed by atoms with Crippen molar-refractivity contribution >= 4 is 35.0 Å². The van der Waals surface area contributed by atoms with Crippen LogP contribution in [-0.4, -0.2) is 91.9 Å². The standard InChI is InChI=1S/C37H45N7O6/c1-37(2,3)50-35(46)42(21-25-14-15-25)18-9-19-43-24-39-29-16-17-38-32(33(29)43)28-12-8-13-31(41-28)40-27-20-30(34(45)48-4)44(22-27)36(47)49-23-26-10-6-5-7-11-26/h5-8,10-13,16-17,24-25,27,30H,9,14-15,18-23H2,1-4H3,(H,40,41)/t27-,30-/m0/s1. The van der Waals surface area contributed by atoms with Crippen molar-refractivity contribution in [3.8, 4) is 11.4 Å². The summed E-state index contributed by atoms with van der Waals surface area (Å²) in [7, 11) is 1.31. The maximum atomic E-state index is 13.1. The molecule has 4 heterocycles. The first-order chi connectivity index (χ1) is 24.1. The maximum absolute atomic E-state index is 13.1. The molecular weight excluding hydrogens is 638 g/mol. The van der Waals surface area contributed by atoms with Gasteiger partial charge in [0.2, 0.25) is 0 Å². The van der Waals surface area contributed by atoms with Crippen molar-refractivity contribution in [2.24, 2.45) is 5.92 Å². The zero-order valence-corrected chi connectivity index (χ0v) is 29.1. The van der Waals surface area contributed by atoms with Crippen LogP contribution in [0.2, 0.25) is 0 Å². The minimum Gasteiger partial charge on any atom is -0.467 e. The van der Waals surface area contributed by atoms with Crippen molar-refractivity contribution < 1.29 is 28.6 Å². The van der Waals surface area contributed by atoms with Gasteiger partial charge in [-0.05, 0) is 69.7 Å². The van der Waals surface area contributed by atoms with E-state index in [2.05, 4.69) is 14.9 Å². The molecule has 0 unspecified atom stereocenters. The predicted octanol–water partition coefficient (Wildman–Crippen LogP) is 5.90. The van der Waals surface area contributed by atoms with Gasteiger partial charge in [-0.2, -0.15) is 0 Å². The molecule has 0 spiro atoms. The lowest BCUT2D eigenvalue weighted by Crippen LogP contribution is -2.41. The van der Waals surface area contributed by atoms with Crippen LogP contribution in [-0.2, 0) is 32.2 Å². The first kappa shape index (κ1) is 34.7. The fourth-order valence-electron chi connectivity index (χ4n) is 6.17. The van der Waals surface area contributed by atoms with E-state index in [9.17, 15) is 14.4 Å². The number of imidazole rings is 1. The molecule has 13 heteroatoms. The lowest BCUT2D eigenvalue weighted by Gasteiger charge is -2.27. The van der Waals surface area contributed by atoms with Gasteiger partial charge in [0.1, 0.15) is 29.8 Å². The number of nitrogens with one attached hydrogen (secondary N) is 1. The molecule has 1 aromatic carbocycles. The number of methoxy groups -OCH3 is 1. The molecule has 2 atom stereocenters. The average molecular weight is 684 g/mol. The molecule has 1 N–H and O–H groups in total. The summed E-state index contributed by atoms with van der Waals surface area (Å²) >= 11 is 0. The molecule has 2 fully saturated rings. The molecule has 2 amide bonds. The fraction of sp³-hybridized carbons (Fsp3) is 0.459. The molecule has 3 aromatic heterocycles. The van der Waals surface area contributed by atoms with Gasteiger partial charge < -0.3 is 29.0 Å². The zero-order chi connectivity index (χ0) is 35.3. The van der Waals surface area contributed by atoms with Crippen LogP contribution in [0.5, 0.6) is 0 Å². The number of esters is 1. The summed E-state index contributed by atoms with van der Waals surface area (Å²) in [5.41, 5.74) is 3.27. The molecule has 0 radical (unpaired) electrons. The SMILES string of the molecule is COC(=O)[C@@H]1C[C@H](Nc2cccc(-c3nccc4ncn(CCCN(CC5CC5)C(=O)OC(C)(C)C)c34)n2)CN1C(=O)OCc1ccccc1. The van der Waals surface area contributed by atoms with Crippen LogP contribution in [0.3, 0.4) is 0 Å². The largest absolute Gasteiger partial charge is 0.467 e. The molecule has 1 saturated carbocycles. The zero-order valence-electron chi connectivity index (χ0n) is 29.1. The van der Waals surface area contributed by atoms with Gasteiger partial charge in [-0.15, -0.1) is 0 Å². The Hall–Kier alpha value is -5.20. The molecule has 4 aromatic rings. The molecule has 1 saturated heterocycles. The maximum Gasteiger partial charge on any atom is 0.410 e. The van der Waals surface area contributed by atoms with Crippen molar-refractivity contribution in [2.45, 2.75) is 77.3 Å². The monoisotopic (exact) mass is 683 g/mol. The van der Waals surface area contributed by atoms with E-state index in [1.165, 1.54) is 12.0 Å². The topological polar surface area (TPSA) is 141 Å². The lowest BCUT2D eigenvalue weighted by atomic mass is 10.1. The Bertz CT molecular complexity index is 1800. The van der Waals surface area contributed by atoms with Gasteiger partial charge in [-0.25, -0.2) is 24.4 Å². The van der Waals surface area contributed by atoms with Gasteiger partial charge >= 0.3 is 18.2 Å². The summed E-state index contributed by atoms with van der Waals surface area (Å²) in [5.74, 6) is 0.624. The smallest absolute Gasteiger partial charge is 0.410 e. The van der Waals surface area contributed by atoms with Crippen LogP contribution in [0.4, 0.5) is 15.4 Å². The molecule has 0 bridgehead atoms. The van der Waals surface area contributed by atoms with E-state index < -0.39 is 23.7 Å². The van der Waals surface area contributed by atoms with Crippen LogP contribution in [0.1, 0.15) is 52.0 Å². The molecule has 1 aliphatic heterocycles. The van der Waals surface area contributed by atoms with Crippen LogP contribution in [0, 0.1) is 5.92 Å². The predicted molar refractivity (Wildman–Crippen MR) is 187 cm³/mol. The lowest BCUT2D eigenvalue weighted by molar-refractivity contribution is -0.145. The number of aryl methyl sites for hydroxylation is 1. The Morgan fingerprint density at radius 2 is 1.82 bits per heavy atom. The highest BCUT2D eigenvalue weighted by Crippen LogP contribution is 2.31. The van der Waals surface area contributed by atoms with Crippen LogP contribution >= 0.6 is 0 Å². The third kappa shape index (κ3) is 8.68. The van der Waals surface area contributed by atoms with Crippen LogP contribution < -0.4 is 5.32 Å². The molecule has 1 aliphatic carbocycles. The Morgan fingerprint density at radius 3 is 2.56 bits per heavy atom. The van der Waals surface area contributed by atoms with E-state index in [-0.39, 0.29) is 25.3 Å². The van der Waals surface area contributed by atoms with Crippen molar-refractivity contribution in [3.63, 3.8) is 0 Å². The first-order valence-corrected chi connectivity index (χ1v) is 17.1. The number of carbonyl (C=O) groups excluding carboxylic acids is 3. The normalized spacial score (nSPS) is 17.4. The first-order valence-electron chi connectivity index (χ1n) is 17.1. The number of rotatable bonds is 12. The van der Waals surface area contributed by atoms with Crippen molar-refractivity contribution in [1.29, 1.82) is 0 Å². The van der Waals surface area contributed by atoms with E-state index in [4.69, 9.17) is 24.2 Å². The summed E-state index contributed by atoms with van der Waals surface area (Å²) in [6.45, 7) is 7.91. The summed E-state index contributed by atoms with van der Waals surface area (Å²) in [4.78, 5) is 56.1. The fourth-order valence-corrected chi connectivity index (χ4v) is 6.17. The molecule has 6 rings (SSSR count). The quantitative estimate of drug-likeness (QED) is 0.142. The number of benzene rings is 1. The van der Waals surface area contributed by atoms with E-state index in [0.717, 1.165) is 29.4 Å². The highest BCUT2D eigenvalue weighted by molar-refractivity contribution is 5.89. The Balaban J connectivity index is 1.14. The van der Waals surface area contributed by atoms with Crippen molar-refractivity contribution in [1.82, 2.24) is 29.3 Å². The number of nitrogens with zero attached hydrogens (tertiary/aromatic N) is 6. The number of pyridine rings is 2. The van der Waals surface area contributed by atoms with Gasteiger partial charge in [0, 0.05) is 44.8 Å². The minimum atomic E-state index is -0.788. The molecule has 50 heavy (non-hydrogen) atoms. The van der Waals surface area contributed by atoms with Gasteiger partial charge in [-0.3, -0.25) is 9.88 Å². The highest BCUT2D eigenvalue weighted by atomic mass is 16.6. The number of hydrogen-bond donors (Lipinski definition) is 1. The third-order valence-corrected chi connectivity index (χ3v) is 8.74. The van der Waals surface area contributed by atoms with Crippen LogP contribution in [0.25, 0.3) is 22.4 Å². The number of likely N-dealkylation sites (tertiary alicyclic amines) is 1. The van der Waals surface area contributed by atoms with Crippen LogP contribution in [0.15, 0.2) is 67.1 Å². The number of anilines is 1. The Labute approximate surface area is 291 Å². The van der Waals surface area contributed by atoms with Gasteiger partial charge in [0.15, 0.2) is 0 Å². The second-order valence-electron chi connectivity index (χ2n) is 13.9. The van der Waals surface area contributed by atoms with Gasteiger partial charge in [0.25, 0.3) is 0 Å². The third-order valence-electron chi connectivity index (χ3n) is 8.74. The number of hydrogen-bond acceptors (Lipinski definition) is 10. The summed E-state index contributed by atoms with van der Waals surface area (Å²) in [6, 6.07) is 15.8. The molecule has 13 nitrogen and oxygen atoms in total. The molecule has 2 aliphatic rings. The summed E-state index contributed by atoms with van der Waals surface area (Å²) < 4.78 is 18.3. The number of amides is 2. The van der Waals surface area contributed by atoms with E-state index in [1.807, 2.05) is 80.3 Å². The second-order valence-corrected chi connectivity index (χ2v) is 13.9. The Kier molecular flexibility index (Phi) is 10.5. The molecular formula is C37H45N7O6. The molecule has 264 valence electrons. The number of ether oxygens (including phenoxy) is 3. The number of carbonyl (C=O) groups is 3. The number of aromatic nitrogens is 4. The van der Waals surface area contributed by atoms with E-state index in [1.54, 1.807) is 12.5 Å². The summed E-state index contributed by atoms with van der Waals surface area (Å²) in [6.07, 6.45) is 6.00. The van der Waals surface area contributed by atoms with Gasteiger partial charge in [-0.1, -0.05) is 36.4 Å².